The van der Waals surface area contributed by atoms with Crippen LogP contribution in [0.4, 0.5) is 0 Å². The van der Waals surface area contributed by atoms with Crippen molar-refractivity contribution in [2.24, 2.45) is 5.92 Å². The van der Waals surface area contributed by atoms with Crippen LogP contribution in [0.15, 0.2) is 48.0 Å². The molecule has 6 nitrogen and oxygen atoms in total. The Morgan fingerprint density at radius 3 is 2.40 bits per heavy atom. The molecule has 30 heavy (non-hydrogen) atoms. The minimum atomic E-state index is -0.770. The maximum Gasteiger partial charge on any atom is 0.295 e. The highest BCUT2D eigenvalue weighted by atomic mass is 16.5. The number of phenolic OH excluding ortho intramolecular Hbond substituents is 1. The Morgan fingerprint density at radius 2 is 1.80 bits per heavy atom. The summed E-state index contributed by atoms with van der Waals surface area (Å²) in [5, 5.41) is 21.1. The summed E-state index contributed by atoms with van der Waals surface area (Å²) in [7, 11) is 0. The molecule has 3 rings (SSSR count). The Bertz CT molecular complexity index is 991. The van der Waals surface area contributed by atoms with E-state index < -0.39 is 17.7 Å². The summed E-state index contributed by atoms with van der Waals surface area (Å²) < 4.78 is 5.48. The summed E-state index contributed by atoms with van der Waals surface area (Å²) in [5.74, 6) is -1.22. The molecule has 1 unspecified atom stereocenters. The Labute approximate surface area is 176 Å². The number of aromatic hydroxyl groups is 1. The predicted octanol–water partition coefficient (Wildman–Crippen LogP) is 4.18. The highest BCUT2D eigenvalue weighted by Gasteiger charge is 2.46. The number of benzene rings is 2. The summed E-state index contributed by atoms with van der Waals surface area (Å²) in [6, 6.07) is 11.1. The van der Waals surface area contributed by atoms with Crippen LogP contribution in [-0.4, -0.2) is 40.0 Å². The molecule has 1 saturated heterocycles. The van der Waals surface area contributed by atoms with Gasteiger partial charge in [0.2, 0.25) is 0 Å². The summed E-state index contributed by atoms with van der Waals surface area (Å²) in [6.45, 7) is 8.35. The fourth-order valence-corrected chi connectivity index (χ4v) is 3.65. The van der Waals surface area contributed by atoms with Crippen molar-refractivity contribution in [3.8, 4) is 11.5 Å². The van der Waals surface area contributed by atoms with E-state index in [-0.39, 0.29) is 28.7 Å². The first-order chi connectivity index (χ1) is 14.2. The van der Waals surface area contributed by atoms with Crippen molar-refractivity contribution < 1.29 is 24.5 Å². The van der Waals surface area contributed by atoms with E-state index in [4.69, 9.17) is 4.74 Å². The molecule has 1 heterocycles. The van der Waals surface area contributed by atoms with Crippen molar-refractivity contribution in [3.63, 3.8) is 0 Å². The maximum atomic E-state index is 13.0. The second-order valence-electron chi connectivity index (χ2n) is 7.87. The summed E-state index contributed by atoms with van der Waals surface area (Å²) in [6.07, 6.45) is 0. The highest BCUT2D eigenvalue weighted by molar-refractivity contribution is 6.46. The van der Waals surface area contributed by atoms with Crippen LogP contribution in [-0.2, 0) is 9.59 Å². The molecule has 2 N–H and O–H groups in total. The van der Waals surface area contributed by atoms with Crippen molar-refractivity contribution in [2.75, 3.05) is 13.2 Å². The molecular formula is C24H27NO5. The Morgan fingerprint density at radius 1 is 1.13 bits per heavy atom. The molecule has 158 valence electrons. The van der Waals surface area contributed by atoms with Crippen LogP contribution >= 0.6 is 0 Å². The minimum absolute atomic E-state index is 0.0278. The molecule has 0 aliphatic carbocycles. The lowest BCUT2D eigenvalue weighted by Crippen LogP contribution is -2.33. The van der Waals surface area contributed by atoms with Crippen LogP contribution in [0.1, 0.15) is 43.5 Å². The van der Waals surface area contributed by atoms with Gasteiger partial charge in [0.1, 0.15) is 5.76 Å². The number of ketones is 1. The quantitative estimate of drug-likeness (QED) is 0.425. The van der Waals surface area contributed by atoms with E-state index in [0.29, 0.717) is 24.3 Å². The average molecular weight is 409 g/mol. The van der Waals surface area contributed by atoms with Crippen LogP contribution < -0.4 is 4.74 Å². The van der Waals surface area contributed by atoms with E-state index in [9.17, 15) is 19.8 Å². The smallest absolute Gasteiger partial charge is 0.295 e. The topological polar surface area (TPSA) is 87.1 Å². The van der Waals surface area contributed by atoms with Crippen molar-refractivity contribution in [3.05, 3.63) is 64.7 Å². The number of aryl methyl sites for hydroxylation is 1. The lowest BCUT2D eigenvalue weighted by atomic mass is 9.94. The molecule has 2 aromatic carbocycles. The number of aliphatic hydroxyl groups is 1. The highest BCUT2D eigenvalue weighted by Crippen LogP contribution is 2.42. The van der Waals surface area contributed by atoms with Gasteiger partial charge in [0, 0.05) is 12.1 Å². The molecule has 0 radical (unpaired) electrons. The lowest BCUT2D eigenvalue weighted by Gasteiger charge is -2.27. The molecule has 0 aromatic heterocycles. The van der Waals surface area contributed by atoms with Gasteiger partial charge in [-0.3, -0.25) is 9.59 Å². The van der Waals surface area contributed by atoms with Gasteiger partial charge in [-0.1, -0.05) is 49.7 Å². The Hall–Kier alpha value is -3.28. The molecule has 0 bridgehead atoms. The van der Waals surface area contributed by atoms with E-state index in [1.54, 1.807) is 31.2 Å². The predicted molar refractivity (Wildman–Crippen MR) is 114 cm³/mol. The van der Waals surface area contributed by atoms with Gasteiger partial charge in [-0.15, -0.1) is 0 Å². The SMILES string of the molecule is CCOc1cc(C2/C(=C(\O)c3ccc(C)cc3)C(=O)C(=O)N2CC(C)C)ccc1O. The minimum Gasteiger partial charge on any atom is -0.507 e. The number of phenols is 1. The number of ether oxygens (including phenoxy) is 1. The standard InChI is InChI=1S/C24H27NO5/c1-5-30-19-12-17(10-11-18(19)26)21-20(22(27)16-8-6-15(4)7-9-16)23(28)24(29)25(21)13-14(2)3/h6-12,14,21,26-27H,5,13H2,1-4H3/b22-20+. The second kappa shape index (κ2) is 8.61. The van der Waals surface area contributed by atoms with Crippen molar-refractivity contribution >= 4 is 17.4 Å². The average Bonchev–Trinajstić information content (AvgIpc) is 2.94. The van der Waals surface area contributed by atoms with E-state index in [0.717, 1.165) is 5.56 Å². The molecule has 6 heteroatoms. The number of hydrogen-bond donors (Lipinski definition) is 2. The molecule has 1 aliphatic rings. The molecule has 1 aliphatic heterocycles. The third kappa shape index (κ3) is 4.03. The van der Waals surface area contributed by atoms with Crippen LogP contribution in [0.2, 0.25) is 0 Å². The fourth-order valence-electron chi connectivity index (χ4n) is 3.65. The number of amides is 1. The van der Waals surface area contributed by atoms with Crippen LogP contribution in [0.3, 0.4) is 0 Å². The molecule has 1 amide bonds. The van der Waals surface area contributed by atoms with Gasteiger partial charge >= 0.3 is 0 Å². The van der Waals surface area contributed by atoms with Gasteiger partial charge in [-0.25, -0.2) is 0 Å². The van der Waals surface area contributed by atoms with E-state index >= 15 is 0 Å². The van der Waals surface area contributed by atoms with Crippen molar-refractivity contribution in [2.45, 2.75) is 33.7 Å². The first-order valence-electron chi connectivity index (χ1n) is 10.1. The third-order valence-corrected chi connectivity index (χ3v) is 5.03. The van der Waals surface area contributed by atoms with Gasteiger partial charge < -0.3 is 19.8 Å². The van der Waals surface area contributed by atoms with Crippen LogP contribution in [0.25, 0.3) is 5.76 Å². The van der Waals surface area contributed by atoms with Gasteiger partial charge in [-0.2, -0.15) is 0 Å². The van der Waals surface area contributed by atoms with Gasteiger partial charge in [-0.05, 0) is 37.5 Å². The van der Waals surface area contributed by atoms with Gasteiger partial charge in [0.15, 0.2) is 11.5 Å². The summed E-state index contributed by atoms with van der Waals surface area (Å²) in [4.78, 5) is 27.3. The number of aliphatic hydroxyl groups excluding tert-OH is 1. The molecule has 1 atom stereocenters. The van der Waals surface area contributed by atoms with Crippen molar-refractivity contribution in [1.82, 2.24) is 4.90 Å². The zero-order chi connectivity index (χ0) is 22.0. The number of Topliss-reactive ketones (excluding diaryl/α,β-unsaturated/α-hetero) is 1. The van der Waals surface area contributed by atoms with Crippen molar-refractivity contribution in [1.29, 1.82) is 0 Å². The van der Waals surface area contributed by atoms with Gasteiger partial charge in [0.05, 0.1) is 18.2 Å². The number of nitrogens with zero attached hydrogens (tertiary/aromatic N) is 1. The first-order valence-corrected chi connectivity index (χ1v) is 10.1. The number of likely N-dealkylation sites (tertiary alicyclic amines) is 1. The summed E-state index contributed by atoms with van der Waals surface area (Å²) in [5.41, 5.74) is 2.11. The maximum absolute atomic E-state index is 13.0. The fraction of sp³-hybridized carbons (Fsp3) is 0.333. The normalized spacial score (nSPS) is 18.3. The lowest BCUT2D eigenvalue weighted by molar-refractivity contribution is -0.140. The molecule has 0 saturated carbocycles. The van der Waals surface area contributed by atoms with Crippen LogP contribution in [0, 0.1) is 12.8 Å². The number of rotatable bonds is 6. The third-order valence-electron chi connectivity index (χ3n) is 5.03. The number of carbonyl (C=O) groups excluding carboxylic acids is 2. The van der Waals surface area contributed by atoms with E-state index in [2.05, 4.69) is 0 Å². The van der Waals surface area contributed by atoms with Gasteiger partial charge in [0.25, 0.3) is 11.7 Å². The zero-order valence-electron chi connectivity index (χ0n) is 17.7. The molecule has 0 spiro atoms. The largest absolute Gasteiger partial charge is 0.507 e. The summed E-state index contributed by atoms with van der Waals surface area (Å²) >= 11 is 0. The van der Waals surface area contributed by atoms with E-state index in [1.165, 1.54) is 11.0 Å². The number of carbonyl (C=O) groups is 2. The van der Waals surface area contributed by atoms with Crippen LogP contribution in [0.5, 0.6) is 11.5 Å². The zero-order valence-corrected chi connectivity index (χ0v) is 17.7. The molecule has 2 aromatic rings. The van der Waals surface area contributed by atoms with E-state index in [1.807, 2.05) is 32.9 Å². The monoisotopic (exact) mass is 409 g/mol. The first kappa shape index (κ1) is 21.4. The second-order valence-corrected chi connectivity index (χ2v) is 7.87. The molecular weight excluding hydrogens is 382 g/mol. The Kier molecular flexibility index (Phi) is 6.15. The number of hydrogen-bond acceptors (Lipinski definition) is 5. The Balaban J connectivity index is 2.20. The molecule has 1 fully saturated rings.